The molecule has 2 N–H and O–H groups in total. The Morgan fingerprint density at radius 1 is 1.50 bits per heavy atom. The van der Waals surface area contributed by atoms with Crippen LogP contribution in [0.2, 0.25) is 0 Å². The van der Waals surface area contributed by atoms with Gasteiger partial charge in [0.05, 0.1) is 0 Å². The Kier molecular flexibility index (Phi) is 3.97. The lowest BCUT2D eigenvalue weighted by Gasteiger charge is -2.37. The van der Waals surface area contributed by atoms with Crippen LogP contribution < -0.4 is 5.73 Å². The van der Waals surface area contributed by atoms with E-state index in [9.17, 15) is 9.18 Å². The normalized spacial score (nSPS) is 24.1. The monoisotopic (exact) mass is 250 g/mol. The van der Waals surface area contributed by atoms with E-state index in [0.29, 0.717) is 24.6 Å². The second kappa shape index (κ2) is 5.48. The lowest BCUT2D eigenvalue weighted by molar-refractivity contribution is 0.0566. The molecule has 2 rings (SSSR count). The van der Waals surface area contributed by atoms with Gasteiger partial charge in [-0.3, -0.25) is 4.79 Å². The van der Waals surface area contributed by atoms with Crippen LogP contribution in [0.15, 0.2) is 24.3 Å². The van der Waals surface area contributed by atoms with Crippen molar-refractivity contribution >= 4 is 5.91 Å². The van der Waals surface area contributed by atoms with Crippen LogP contribution in [-0.4, -0.2) is 29.9 Å². The molecule has 1 aliphatic heterocycles. The molecule has 0 radical (unpaired) electrons. The summed E-state index contributed by atoms with van der Waals surface area (Å²) in [5.41, 5.74) is 6.09. The van der Waals surface area contributed by atoms with E-state index in [0.717, 1.165) is 12.8 Å². The van der Waals surface area contributed by atoms with Gasteiger partial charge in [-0.15, -0.1) is 0 Å². The van der Waals surface area contributed by atoms with Crippen molar-refractivity contribution in [3.05, 3.63) is 35.6 Å². The third kappa shape index (κ3) is 2.70. The second-order valence-corrected chi connectivity index (χ2v) is 5.00. The Morgan fingerprint density at radius 2 is 2.28 bits per heavy atom. The van der Waals surface area contributed by atoms with Crippen molar-refractivity contribution in [2.45, 2.75) is 25.8 Å². The summed E-state index contributed by atoms with van der Waals surface area (Å²) in [5, 5.41) is 0. The number of hydrogen-bond donors (Lipinski definition) is 1. The first-order valence-corrected chi connectivity index (χ1v) is 6.38. The van der Waals surface area contributed by atoms with Crippen LogP contribution in [0.3, 0.4) is 0 Å². The second-order valence-electron chi connectivity index (χ2n) is 5.00. The predicted molar refractivity (Wildman–Crippen MR) is 68.7 cm³/mol. The molecule has 1 aliphatic rings. The van der Waals surface area contributed by atoms with Gasteiger partial charge < -0.3 is 10.6 Å². The van der Waals surface area contributed by atoms with Crippen molar-refractivity contribution in [2.75, 3.05) is 13.1 Å². The minimum absolute atomic E-state index is 0.0971. The Balaban J connectivity index is 2.16. The van der Waals surface area contributed by atoms with Gasteiger partial charge in [0.2, 0.25) is 0 Å². The SMILES string of the molecule is CC1CCC(CN)CN1C(=O)c1cccc(F)c1. The Labute approximate surface area is 107 Å². The molecule has 1 saturated heterocycles. The molecule has 1 heterocycles. The van der Waals surface area contributed by atoms with E-state index in [1.165, 1.54) is 12.1 Å². The van der Waals surface area contributed by atoms with E-state index in [1.807, 2.05) is 11.8 Å². The minimum atomic E-state index is -0.374. The van der Waals surface area contributed by atoms with Crippen molar-refractivity contribution in [1.29, 1.82) is 0 Å². The van der Waals surface area contributed by atoms with Crippen molar-refractivity contribution in [1.82, 2.24) is 4.90 Å². The molecule has 98 valence electrons. The van der Waals surface area contributed by atoms with E-state index < -0.39 is 0 Å². The lowest BCUT2D eigenvalue weighted by Crippen LogP contribution is -2.47. The molecule has 0 aliphatic carbocycles. The number of piperidine rings is 1. The fourth-order valence-corrected chi connectivity index (χ4v) is 2.44. The number of nitrogens with two attached hydrogens (primary N) is 1. The number of likely N-dealkylation sites (tertiary alicyclic amines) is 1. The van der Waals surface area contributed by atoms with Crippen LogP contribution in [0, 0.1) is 11.7 Å². The van der Waals surface area contributed by atoms with Gasteiger partial charge in [0.1, 0.15) is 5.82 Å². The molecule has 4 heteroatoms. The van der Waals surface area contributed by atoms with E-state index in [1.54, 1.807) is 12.1 Å². The average molecular weight is 250 g/mol. The molecule has 2 atom stereocenters. The first-order chi connectivity index (χ1) is 8.61. The molecule has 0 aromatic heterocycles. The number of benzene rings is 1. The lowest BCUT2D eigenvalue weighted by atomic mass is 9.93. The van der Waals surface area contributed by atoms with Gasteiger partial charge in [-0.05, 0) is 50.4 Å². The number of carbonyl (C=O) groups is 1. The highest BCUT2D eigenvalue weighted by molar-refractivity contribution is 5.94. The molecule has 1 aromatic carbocycles. The zero-order chi connectivity index (χ0) is 13.1. The van der Waals surface area contributed by atoms with Crippen molar-refractivity contribution < 1.29 is 9.18 Å². The van der Waals surface area contributed by atoms with E-state index >= 15 is 0 Å². The summed E-state index contributed by atoms with van der Waals surface area (Å²) in [4.78, 5) is 14.2. The molecule has 3 nitrogen and oxygen atoms in total. The minimum Gasteiger partial charge on any atom is -0.336 e. The molecular weight excluding hydrogens is 231 g/mol. The highest BCUT2D eigenvalue weighted by atomic mass is 19.1. The summed E-state index contributed by atoms with van der Waals surface area (Å²) in [7, 11) is 0. The number of nitrogens with zero attached hydrogens (tertiary/aromatic N) is 1. The quantitative estimate of drug-likeness (QED) is 0.873. The fraction of sp³-hybridized carbons (Fsp3) is 0.500. The van der Waals surface area contributed by atoms with Gasteiger partial charge in [0.25, 0.3) is 5.91 Å². The van der Waals surface area contributed by atoms with Gasteiger partial charge in [-0.25, -0.2) is 4.39 Å². The Hall–Kier alpha value is -1.42. The third-order valence-corrected chi connectivity index (χ3v) is 3.65. The fourth-order valence-electron chi connectivity index (χ4n) is 2.44. The van der Waals surface area contributed by atoms with Crippen LogP contribution in [-0.2, 0) is 0 Å². The first-order valence-electron chi connectivity index (χ1n) is 6.38. The summed E-state index contributed by atoms with van der Waals surface area (Å²) in [6.45, 7) is 3.30. The molecule has 18 heavy (non-hydrogen) atoms. The molecule has 0 saturated carbocycles. The average Bonchev–Trinajstić information content (AvgIpc) is 2.38. The van der Waals surface area contributed by atoms with Gasteiger partial charge >= 0.3 is 0 Å². The van der Waals surface area contributed by atoms with Crippen LogP contribution in [0.4, 0.5) is 4.39 Å². The standard InChI is InChI=1S/C14H19FN2O/c1-10-5-6-11(8-16)9-17(10)14(18)12-3-2-4-13(15)7-12/h2-4,7,10-11H,5-6,8-9,16H2,1H3. The largest absolute Gasteiger partial charge is 0.336 e. The van der Waals surface area contributed by atoms with Crippen LogP contribution >= 0.6 is 0 Å². The van der Waals surface area contributed by atoms with Crippen LogP contribution in [0.25, 0.3) is 0 Å². The molecule has 1 amide bonds. The summed E-state index contributed by atoms with van der Waals surface area (Å²) < 4.78 is 13.1. The number of hydrogen-bond acceptors (Lipinski definition) is 2. The van der Waals surface area contributed by atoms with Crippen LogP contribution in [0.5, 0.6) is 0 Å². The number of halogens is 1. The number of amides is 1. The smallest absolute Gasteiger partial charge is 0.254 e. The maximum atomic E-state index is 13.1. The highest BCUT2D eigenvalue weighted by Crippen LogP contribution is 2.23. The van der Waals surface area contributed by atoms with Crippen molar-refractivity contribution in [3.63, 3.8) is 0 Å². The zero-order valence-corrected chi connectivity index (χ0v) is 10.6. The summed E-state index contributed by atoms with van der Waals surface area (Å²) >= 11 is 0. The summed E-state index contributed by atoms with van der Waals surface area (Å²) in [6.07, 6.45) is 2.02. The summed E-state index contributed by atoms with van der Waals surface area (Å²) in [5.74, 6) is -0.111. The maximum absolute atomic E-state index is 13.1. The maximum Gasteiger partial charge on any atom is 0.254 e. The van der Waals surface area contributed by atoms with Crippen molar-refractivity contribution in [3.8, 4) is 0 Å². The molecule has 2 unspecified atom stereocenters. The number of rotatable bonds is 2. The van der Waals surface area contributed by atoms with E-state index in [4.69, 9.17) is 5.73 Å². The van der Waals surface area contributed by atoms with E-state index in [-0.39, 0.29) is 17.8 Å². The molecule has 1 fully saturated rings. The molecular formula is C14H19FN2O. The van der Waals surface area contributed by atoms with E-state index in [2.05, 4.69) is 0 Å². The topological polar surface area (TPSA) is 46.3 Å². The Morgan fingerprint density at radius 3 is 2.94 bits per heavy atom. The third-order valence-electron chi connectivity index (χ3n) is 3.65. The molecule has 0 spiro atoms. The zero-order valence-electron chi connectivity index (χ0n) is 10.6. The number of carbonyl (C=O) groups excluding carboxylic acids is 1. The van der Waals surface area contributed by atoms with Crippen LogP contribution in [0.1, 0.15) is 30.1 Å². The molecule has 0 bridgehead atoms. The first kappa shape index (κ1) is 13.0. The van der Waals surface area contributed by atoms with Crippen molar-refractivity contribution in [2.24, 2.45) is 11.7 Å². The summed E-state index contributed by atoms with van der Waals surface area (Å²) in [6, 6.07) is 6.06. The van der Waals surface area contributed by atoms with Gasteiger partial charge in [-0.1, -0.05) is 6.07 Å². The van der Waals surface area contributed by atoms with Gasteiger partial charge in [0, 0.05) is 18.2 Å². The predicted octanol–water partition coefficient (Wildman–Crippen LogP) is 2.03. The van der Waals surface area contributed by atoms with Gasteiger partial charge in [-0.2, -0.15) is 0 Å². The Bertz CT molecular complexity index is 436. The molecule has 1 aromatic rings. The highest BCUT2D eigenvalue weighted by Gasteiger charge is 2.28. The van der Waals surface area contributed by atoms with Gasteiger partial charge in [0.15, 0.2) is 0 Å².